The summed E-state index contributed by atoms with van der Waals surface area (Å²) in [5.74, 6) is -1.31. The Balaban J connectivity index is 2.00. The number of hydrogen-bond donors (Lipinski definition) is 2. The van der Waals surface area contributed by atoms with Gasteiger partial charge in [-0.15, -0.1) is 0 Å². The van der Waals surface area contributed by atoms with Gasteiger partial charge in [-0.1, -0.05) is 29.8 Å². The fraction of sp³-hybridized carbons (Fsp3) is 0. The molecule has 2 rings (SSSR count). The Kier molecular flexibility index (Phi) is 6.15. The number of non-ortho nitro benzene ring substituents is 1. The number of nitrogens with zero attached hydrogens (tertiary/aromatic N) is 1. The highest BCUT2D eigenvalue weighted by Crippen LogP contribution is 2.21. The van der Waals surface area contributed by atoms with Crippen LogP contribution in [0.1, 0.15) is 5.56 Å². The van der Waals surface area contributed by atoms with Gasteiger partial charge in [0.05, 0.1) is 10.6 Å². The van der Waals surface area contributed by atoms with Crippen LogP contribution in [0.4, 0.5) is 15.8 Å². The van der Waals surface area contributed by atoms with Gasteiger partial charge in [0.2, 0.25) is 5.91 Å². The normalized spacial score (nSPS) is 10.5. The summed E-state index contributed by atoms with van der Waals surface area (Å²) in [6.45, 7) is 0. The number of hydrogen-bond acceptors (Lipinski definition) is 4. The van der Waals surface area contributed by atoms with Crippen molar-refractivity contribution >= 4 is 52.3 Å². The quantitative estimate of drug-likeness (QED) is 0.364. The zero-order valence-corrected chi connectivity index (χ0v) is 14.1. The molecule has 0 aliphatic rings. The SMILES string of the molecule is O=C(/C=C/c1ccccc1Cl)NC(=S)Nc1cc([N+](=O)[O-])ccc1F. The van der Waals surface area contributed by atoms with E-state index in [1.165, 1.54) is 12.2 Å². The van der Waals surface area contributed by atoms with Crippen molar-refractivity contribution in [2.24, 2.45) is 0 Å². The molecule has 9 heteroatoms. The monoisotopic (exact) mass is 379 g/mol. The second-order valence-corrected chi connectivity index (χ2v) is 5.53. The smallest absolute Gasteiger partial charge is 0.271 e. The number of carbonyl (C=O) groups is 1. The van der Waals surface area contributed by atoms with Gasteiger partial charge in [0.1, 0.15) is 5.82 Å². The third-order valence-electron chi connectivity index (χ3n) is 2.97. The summed E-state index contributed by atoms with van der Waals surface area (Å²) in [6, 6.07) is 9.86. The molecule has 25 heavy (non-hydrogen) atoms. The minimum Gasteiger partial charge on any atom is -0.330 e. The summed E-state index contributed by atoms with van der Waals surface area (Å²) in [4.78, 5) is 21.9. The predicted octanol–water partition coefficient (Wildman–Crippen LogP) is 3.91. The fourth-order valence-corrected chi connectivity index (χ4v) is 2.21. The molecule has 1 amide bonds. The summed E-state index contributed by atoms with van der Waals surface area (Å²) in [6.07, 6.45) is 2.70. The van der Waals surface area contributed by atoms with Crippen LogP contribution in [-0.4, -0.2) is 15.9 Å². The highest BCUT2D eigenvalue weighted by atomic mass is 35.5. The maximum Gasteiger partial charge on any atom is 0.271 e. The number of nitrogens with one attached hydrogen (secondary N) is 2. The average molecular weight is 380 g/mol. The lowest BCUT2D eigenvalue weighted by atomic mass is 10.2. The lowest BCUT2D eigenvalue weighted by Crippen LogP contribution is -2.33. The summed E-state index contributed by atoms with van der Waals surface area (Å²) in [5, 5.41) is 15.7. The number of nitro groups is 1. The van der Waals surface area contributed by atoms with Gasteiger partial charge in [-0.2, -0.15) is 0 Å². The molecule has 0 spiro atoms. The second kappa shape index (κ2) is 8.32. The van der Waals surface area contributed by atoms with Crippen molar-refractivity contribution in [3.05, 3.63) is 75.1 Å². The Labute approximate surface area is 152 Å². The zero-order chi connectivity index (χ0) is 18.4. The van der Waals surface area contributed by atoms with E-state index in [0.717, 1.165) is 18.2 Å². The number of carbonyl (C=O) groups excluding carboxylic acids is 1. The van der Waals surface area contributed by atoms with E-state index in [-0.39, 0.29) is 16.5 Å². The molecule has 0 saturated heterocycles. The zero-order valence-electron chi connectivity index (χ0n) is 12.5. The van der Waals surface area contributed by atoms with Crippen LogP contribution in [0.3, 0.4) is 0 Å². The number of benzene rings is 2. The third kappa shape index (κ3) is 5.33. The van der Waals surface area contributed by atoms with Crippen LogP contribution < -0.4 is 10.6 Å². The number of amides is 1. The largest absolute Gasteiger partial charge is 0.330 e. The highest BCUT2D eigenvalue weighted by molar-refractivity contribution is 7.80. The van der Waals surface area contributed by atoms with E-state index in [4.69, 9.17) is 23.8 Å². The molecule has 2 aromatic rings. The topological polar surface area (TPSA) is 84.3 Å². The molecule has 0 radical (unpaired) electrons. The fourth-order valence-electron chi connectivity index (χ4n) is 1.81. The number of halogens is 2. The van der Waals surface area contributed by atoms with Crippen LogP contribution in [-0.2, 0) is 4.79 Å². The molecule has 128 valence electrons. The van der Waals surface area contributed by atoms with Crippen molar-refractivity contribution < 1.29 is 14.1 Å². The van der Waals surface area contributed by atoms with Gasteiger partial charge in [0.25, 0.3) is 5.69 Å². The van der Waals surface area contributed by atoms with Gasteiger partial charge in [0, 0.05) is 23.2 Å². The van der Waals surface area contributed by atoms with E-state index in [9.17, 15) is 19.3 Å². The molecular formula is C16H11ClFN3O3S. The number of anilines is 1. The standard InChI is InChI=1S/C16H11ClFN3O3S/c17-12-4-2-1-3-10(12)5-8-15(22)20-16(25)19-14-9-11(21(23)24)6-7-13(14)18/h1-9H,(H2,19,20,22,25)/b8-5+. The molecule has 2 N–H and O–H groups in total. The first-order valence-electron chi connectivity index (χ1n) is 6.85. The lowest BCUT2D eigenvalue weighted by Gasteiger charge is -2.09. The summed E-state index contributed by atoms with van der Waals surface area (Å²) in [7, 11) is 0. The molecule has 0 heterocycles. The van der Waals surface area contributed by atoms with Crippen LogP contribution in [0.15, 0.2) is 48.5 Å². The number of thiocarbonyl (C=S) groups is 1. The molecule has 0 atom stereocenters. The summed E-state index contributed by atoms with van der Waals surface area (Å²) in [5.41, 5.74) is 0.120. The minimum absolute atomic E-state index is 0.201. The molecular weight excluding hydrogens is 369 g/mol. The highest BCUT2D eigenvalue weighted by Gasteiger charge is 2.12. The molecule has 0 aliphatic carbocycles. The molecule has 2 aromatic carbocycles. The van der Waals surface area contributed by atoms with Gasteiger partial charge in [-0.05, 0) is 36.0 Å². The molecule has 0 aliphatic heterocycles. The van der Waals surface area contributed by atoms with Crippen molar-refractivity contribution in [1.82, 2.24) is 5.32 Å². The Hall–Kier alpha value is -2.84. The first-order valence-corrected chi connectivity index (χ1v) is 7.64. The Bertz CT molecular complexity index is 873. The van der Waals surface area contributed by atoms with Crippen molar-refractivity contribution in [3.63, 3.8) is 0 Å². The van der Waals surface area contributed by atoms with E-state index in [2.05, 4.69) is 10.6 Å². The Morgan fingerprint density at radius 1 is 1.28 bits per heavy atom. The summed E-state index contributed by atoms with van der Waals surface area (Å²) >= 11 is 10.9. The van der Waals surface area contributed by atoms with Crippen LogP contribution in [0.2, 0.25) is 5.02 Å². The van der Waals surface area contributed by atoms with E-state index in [1.807, 2.05) is 0 Å². The van der Waals surface area contributed by atoms with Crippen molar-refractivity contribution in [2.75, 3.05) is 5.32 Å². The molecule has 0 saturated carbocycles. The van der Waals surface area contributed by atoms with Crippen LogP contribution in [0.5, 0.6) is 0 Å². The molecule has 0 bridgehead atoms. The van der Waals surface area contributed by atoms with Crippen LogP contribution in [0, 0.1) is 15.9 Å². The molecule has 0 aromatic heterocycles. The first-order chi connectivity index (χ1) is 11.9. The lowest BCUT2D eigenvalue weighted by molar-refractivity contribution is -0.384. The van der Waals surface area contributed by atoms with Crippen LogP contribution >= 0.6 is 23.8 Å². The number of nitro benzene ring substituents is 1. The van der Waals surface area contributed by atoms with Gasteiger partial charge < -0.3 is 5.32 Å². The molecule has 6 nitrogen and oxygen atoms in total. The van der Waals surface area contributed by atoms with Crippen molar-refractivity contribution in [1.29, 1.82) is 0 Å². The Morgan fingerprint density at radius 3 is 2.68 bits per heavy atom. The third-order valence-corrected chi connectivity index (χ3v) is 3.51. The number of rotatable bonds is 4. The van der Waals surface area contributed by atoms with Gasteiger partial charge in [0.15, 0.2) is 5.11 Å². The minimum atomic E-state index is -0.742. The van der Waals surface area contributed by atoms with Crippen molar-refractivity contribution in [2.45, 2.75) is 0 Å². The van der Waals surface area contributed by atoms with Gasteiger partial charge in [-0.25, -0.2) is 4.39 Å². The maximum absolute atomic E-state index is 13.7. The van der Waals surface area contributed by atoms with E-state index in [0.29, 0.717) is 10.6 Å². The predicted molar refractivity (Wildman–Crippen MR) is 97.9 cm³/mol. The van der Waals surface area contributed by atoms with Gasteiger partial charge in [-0.3, -0.25) is 20.2 Å². The second-order valence-electron chi connectivity index (χ2n) is 4.72. The van der Waals surface area contributed by atoms with Crippen LogP contribution in [0.25, 0.3) is 6.08 Å². The van der Waals surface area contributed by atoms with E-state index < -0.39 is 16.6 Å². The molecule has 0 unspecified atom stereocenters. The van der Waals surface area contributed by atoms with E-state index in [1.54, 1.807) is 24.3 Å². The van der Waals surface area contributed by atoms with Crippen molar-refractivity contribution in [3.8, 4) is 0 Å². The van der Waals surface area contributed by atoms with E-state index >= 15 is 0 Å². The average Bonchev–Trinajstić information content (AvgIpc) is 2.55. The maximum atomic E-state index is 13.7. The van der Waals surface area contributed by atoms with Gasteiger partial charge >= 0.3 is 0 Å². The summed E-state index contributed by atoms with van der Waals surface area (Å²) < 4.78 is 13.7. The Morgan fingerprint density at radius 2 is 2.00 bits per heavy atom. The molecule has 0 fully saturated rings. The first kappa shape index (κ1) is 18.5.